The van der Waals surface area contributed by atoms with E-state index in [2.05, 4.69) is 31.0 Å². The van der Waals surface area contributed by atoms with Crippen molar-refractivity contribution in [3.8, 4) is 0 Å². The van der Waals surface area contributed by atoms with Crippen LogP contribution < -0.4 is 5.32 Å². The lowest BCUT2D eigenvalue weighted by Crippen LogP contribution is -2.37. The first-order valence-electron chi connectivity index (χ1n) is 8.37. The van der Waals surface area contributed by atoms with Gasteiger partial charge in [0.15, 0.2) is 0 Å². The average molecular weight is 278 g/mol. The second-order valence-corrected chi connectivity index (χ2v) is 8.63. The second kappa shape index (κ2) is 5.01. The summed E-state index contributed by atoms with van der Waals surface area (Å²) in [5.41, 5.74) is 0.777. The molecule has 20 heavy (non-hydrogen) atoms. The number of carbonyl (C=O) groups excluding carboxylic acids is 1. The highest BCUT2D eigenvalue weighted by atomic mass is 16.2. The summed E-state index contributed by atoms with van der Waals surface area (Å²) in [4.78, 5) is 14.8. The van der Waals surface area contributed by atoms with Crippen LogP contribution in [0.2, 0.25) is 0 Å². The second-order valence-electron chi connectivity index (χ2n) is 8.63. The van der Waals surface area contributed by atoms with Crippen molar-refractivity contribution < 1.29 is 4.79 Å². The molecule has 0 spiro atoms. The number of hydrogen-bond acceptors (Lipinski definition) is 2. The van der Waals surface area contributed by atoms with Gasteiger partial charge in [-0.15, -0.1) is 0 Å². The Morgan fingerprint density at radius 2 is 2.10 bits per heavy atom. The van der Waals surface area contributed by atoms with E-state index < -0.39 is 0 Å². The predicted octanol–water partition coefficient (Wildman–Crippen LogP) is 2.80. The molecule has 3 atom stereocenters. The Kier molecular flexibility index (Phi) is 3.60. The number of likely N-dealkylation sites (tertiary alicyclic amines) is 1. The molecule has 3 fully saturated rings. The van der Waals surface area contributed by atoms with E-state index in [-0.39, 0.29) is 0 Å². The van der Waals surface area contributed by atoms with Crippen molar-refractivity contribution in [2.45, 2.75) is 65.3 Å². The number of nitrogens with one attached hydrogen (secondary N) is 1. The van der Waals surface area contributed by atoms with Gasteiger partial charge in [-0.1, -0.05) is 20.8 Å². The summed E-state index contributed by atoms with van der Waals surface area (Å²) in [7, 11) is 0. The van der Waals surface area contributed by atoms with Gasteiger partial charge in [-0.2, -0.15) is 0 Å². The van der Waals surface area contributed by atoms with Gasteiger partial charge in [0, 0.05) is 19.0 Å². The molecule has 2 aliphatic heterocycles. The molecular formula is C17H30N2O. The van der Waals surface area contributed by atoms with Crippen LogP contribution in [-0.2, 0) is 4.79 Å². The van der Waals surface area contributed by atoms with Crippen molar-refractivity contribution in [2.24, 2.45) is 16.7 Å². The highest BCUT2D eigenvalue weighted by Gasteiger charge is 2.50. The third-order valence-electron chi connectivity index (χ3n) is 5.66. The molecule has 2 saturated heterocycles. The molecule has 0 aromatic rings. The van der Waals surface area contributed by atoms with Gasteiger partial charge in [-0.05, 0) is 61.9 Å². The van der Waals surface area contributed by atoms with Gasteiger partial charge in [0.05, 0.1) is 0 Å². The maximum atomic E-state index is 12.6. The molecule has 3 rings (SSSR count). The van der Waals surface area contributed by atoms with Crippen LogP contribution in [0.1, 0.15) is 59.3 Å². The zero-order chi connectivity index (χ0) is 14.4. The fourth-order valence-corrected chi connectivity index (χ4v) is 5.18. The highest BCUT2D eigenvalue weighted by Crippen LogP contribution is 2.52. The van der Waals surface area contributed by atoms with Crippen LogP contribution in [0.4, 0.5) is 0 Å². The van der Waals surface area contributed by atoms with E-state index in [1.165, 1.54) is 25.7 Å². The van der Waals surface area contributed by atoms with Crippen LogP contribution in [0.25, 0.3) is 0 Å². The molecule has 3 heteroatoms. The van der Waals surface area contributed by atoms with E-state index in [1.807, 2.05) is 0 Å². The molecule has 0 aromatic heterocycles. The highest BCUT2D eigenvalue weighted by molar-refractivity contribution is 5.77. The lowest BCUT2D eigenvalue weighted by Gasteiger charge is -2.39. The molecule has 3 unspecified atom stereocenters. The summed E-state index contributed by atoms with van der Waals surface area (Å²) in [6.45, 7) is 10.4. The fraction of sp³-hybridized carbons (Fsp3) is 0.941. The number of rotatable bonds is 3. The first-order valence-corrected chi connectivity index (χ1v) is 8.37. The third-order valence-corrected chi connectivity index (χ3v) is 5.66. The van der Waals surface area contributed by atoms with Crippen molar-refractivity contribution in [3.63, 3.8) is 0 Å². The Labute approximate surface area is 123 Å². The molecule has 1 saturated carbocycles. The average Bonchev–Trinajstić information content (AvgIpc) is 2.91. The summed E-state index contributed by atoms with van der Waals surface area (Å²) in [5.74, 6) is 1.15. The first kappa shape index (κ1) is 14.4. The van der Waals surface area contributed by atoms with Crippen LogP contribution in [0.3, 0.4) is 0 Å². The fourth-order valence-electron chi connectivity index (χ4n) is 5.18. The maximum absolute atomic E-state index is 12.6. The Balaban J connectivity index is 1.58. The van der Waals surface area contributed by atoms with Gasteiger partial charge in [-0.25, -0.2) is 0 Å². The minimum atomic E-state index is 0.372. The topological polar surface area (TPSA) is 32.3 Å². The molecule has 114 valence electrons. The minimum Gasteiger partial charge on any atom is -0.339 e. The Bertz CT molecular complexity index is 386. The van der Waals surface area contributed by atoms with E-state index in [0.717, 1.165) is 38.4 Å². The normalized spacial score (nSPS) is 39.2. The summed E-state index contributed by atoms with van der Waals surface area (Å²) in [6.07, 6.45) is 6.79. The van der Waals surface area contributed by atoms with E-state index in [4.69, 9.17) is 0 Å². The first-order chi connectivity index (χ1) is 9.37. The lowest BCUT2D eigenvalue weighted by atomic mass is 9.65. The number of nitrogens with zero attached hydrogens (tertiary/aromatic N) is 1. The van der Waals surface area contributed by atoms with Gasteiger partial charge in [0.2, 0.25) is 5.91 Å². The Morgan fingerprint density at radius 3 is 2.80 bits per heavy atom. The van der Waals surface area contributed by atoms with Crippen molar-refractivity contribution in [2.75, 3.05) is 19.6 Å². The van der Waals surface area contributed by atoms with E-state index >= 15 is 0 Å². The van der Waals surface area contributed by atoms with Gasteiger partial charge in [0.25, 0.3) is 0 Å². The summed E-state index contributed by atoms with van der Waals surface area (Å²) >= 11 is 0. The van der Waals surface area contributed by atoms with E-state index in [9.17, 15) is 4.79 Å². The number of fused-ring (bicyclic) bond motifs is 2. The standard InChI is InChI=1S/C17H30N2O/c1-16(2)8-14-9-17(3,11-16)12-19(14)15(20)5-4-13-6-7-18-10-13/h13-14,18H,4-12H2,1-3H3. The molecule has 0 aromatic carbocycles. The lowest BCUT2D eigenvalue weighted by molar-refractivity contribution is -0.132. The smallest absolute Gasteiger partial charge is 0.222 e. The van der Waals surface area contributed by atoms with Gasteiger partial charge in [0.1, 0.15) is 0 Å². The van der Waals surface area contributed by atoms with Crippen molar-refractivity contribution in [3.05, 3.63) is 0 Å². The zero-order valence-electron chi connectivity index (χ0n) is 13.4. The number of amides is 1. The summed E-state index contributed by atoms with van der Waals surface area (Å²) in [6, 6.07) is 0.512. The van der Waals surface area contributed by atoms with Crippen molar-refractivity contribution in [1.29, 1.82) is 0 Å². The van der Waals surface area contributed by atoms with Gasteiger partial charge >= 0.3 is 0 Å². The van der Waals surface area contributed by atoms with Gasteiger partial charge in [-0.3, -0.25) is 4.79 Å². The third kappa shape index (κ3) is 2.88. The molecule has 1 aliphatic carbocycles. The maximum Gasteiger partial charge on any atom is 0.222 e. The zero-order valence-corrected chi connectivity index (χ0v) is 13.4. The molecular weight excluding hydrogens is 248 g/mol. The largest absolute Gasteiger partial charge is 0.339 e. The predicted molar refractivity (Wildman–Crippen MR) is 81.5 cm³/mol. The Morgan fingerprint density at radius 1 is 1.30 bits per heavy atom. The molecule has 1 amide bonds. The van der Waals surface area contributed by atoms with Gasteiger partial charge < -0.3 is 10.2 Å². The summed E-state index contributed by atoms with van der Waals surface area (Å²) in [5, 5.41) is 3.39. The van der Waals surface area contributed by atoms with Crippen LogP contribution >= 0.6 is 0 Å². The molecule has 0 radical (unpaired) electrons. The molecule has 3 nitrogen and oxygen atoms in total. The monoisotopic (exact) mass is 278 g/mol. The molecule has 2 bridgehead atoms. The molecule has 2 heterocycles. The van der Waals surface area contributed by atoms with Crippen molar-refractivity contribution >= 4 is 5.91 Å². The van der Waals surface area contributed by atoms with Crippen LogP contribution in [0, 0.1) is 16.7 Å². The van der Waals surface area contributed by atoms with Crippen LogP contribution in [-0.4, -0.2) is 36.5 Å². The van der Waals surface area contributed by atoms with Crippen LogP contribution in [0.5, 0.6) is 0 Å². The molecule has 3 aliphatic rings. The minimum absolute atomic E-state index is 0.372. The Hall–Kier alpha value is -0.570. The van der Waals surface area contributed by atoms with E-state index in [1.54, 1.807) is 0 Å². The number of carbonyl (C=O) groups is 1. The molecule has 1 N–H and O–H groups in total. The SMILES string of the molecule is CC1(C)CC2CC(C)(CN2C(=O)CCC2CCNC2)C1. The quantitative estimate of drug-likeness (QED) is 0.861. The number of hydrogen-bond donors (Lipinski definition) is 1. The van der Waals surface area contributed by atoms with E-state index in [0.29, 0.717) is 22.8 Å². The van der Waals surface area contributed by atoms with Crippen LogP contribution in [0.15, 0.2) is 0 Å². The van der Waals surface area contributed by atoms with Crippen molar-refractivity contribution in [1.82, 2.24) is 10.2 Å². The summed E-state index contributed by atoms with van der Waals surface area (Å²) < 4.78 is 0.